The fraction of sp³-hybridized carbons (Fsp3) is 0.278. The highest BCUT2D eigenvalue weighted by Crippen LogP contribution is 2.17. The molecule has 0 spiro atoms. The molecule has 4 N–H and O–H groups in total. The van der Waals surface area contributed by atoms with Crippen molar-refractivity contribution >= 4 is 5.91 Å². The molecule has 0 aliphatic heterocycles. The van der Waals surface area contributed by atoms with Crippen molar-refractivity contribution < 1.29 is 14.6 Å². The molecule has 0 fully saturated rings. The van der Waals surface area contributed by atoms with Gasteiger partial charge in [-0.15, -0.1) is 0 Å². The maximum absolute atomic E-state index is 11.8. The summed E-state index contributed by atoms with van der Waals surface area (Å²) in [4.78, 5) is 11.8. The van der Waals surface area contributed by atoms with Gasteiger partial charge in [0.2, 0.25) is 5.91 Å². The molecule has 1 amide bonds. The molecule has 5 heteroatoms. The van der Waals surface area contributed by atoms with E-state index in [9.17, 15) is 9.90 Å². The molecular formula is C18H22N2O3. The number of amides is 1. The number of ether oxygens (including phenoxy) is 1. The molecule has 2 aromatic carbocycles. The van der Waals surface area contributed by atoms with Crippen molar-refractivity contribution in [2.45, 2.75) is 18.6 Å². The predicted octanol–water partition coefficient (Wildman–Crippen LogP) is 1.24. The van der Waals surface area contributed by atoms with Crippen LogP contribution in [0.4, 0.5) is 0 Å². The smallest absolute Gasteiger partial charge is 0.242 e. The predicted molar refractivity (Wildman–Crippen MR) is 89.0 cm³/mol. The molecule has 0 aromatic heterocycles. The summed E-state index contributed by atoms with van der Waals surface area (Å²) in [6.45, 7) is 0.0782. The Balaban J connectivity index is 1.97. The van der Waals surface area contributed by atoms with Crippen LogP contribution in [0.1, 0.15) is 11.1 Å². The molecule has 0 saturated heterocycles. The van der Waals surface area contributed by atoms with Gasteiger partial charge in [-0.25, -0.2) is 0 Å². The molecule has 122 valence electrons. The highest BCUT2D eigenvalue weighted by atomic mass is 16.5. The zero-order valence-corrected chi connectivity index (χ0v) is 13.2. The minimum Gasteiger partial charge on any atom is -0.489 e. The molecule has 1 atom stereocenters. The summed E-state index contributed by atoms with van der Waals surface area (Å²) in [5.41, 5.74) is 6.60. The molecule has 0 radical (unpaired) electrons. The Morgan fingerprint density at radius 2 is 1.78 bits per heavy atom. The lowest BCUT2D eigenvalue weighted by molar-refractivity contribution is -0.127. The Morgan fingerprint density at radius 1 is 1.13 bits per heavy atom. The van der Waals surface area contributed by atoms with Crippen LogP contribution in [0.3, 0.4) is 0 Å². The van der Waals surface area contributed by atoms with E-state index in [2.05, 4.69) is 5.32 Å². The maximum atomic E-state index is 11.8. The van der Waals surface area contributed by atoms with E-state index in [1.54, 1.807) is 0 Å². The van der Waals surface area contributed by atoms with E-state index >= 15 is 0 Å². The second-order valence-corrected chi connectivity index (χ2v) is 5.49. The van der Waals surface area contributed by atoms with Gasteiger partial charge in [0.1, 0.15) is 17.9 Å². The maximum Gasteiger partial charge on any atom is 0.242 e. The van der Waals surface area contributed by atoms with Crippen LogP contribution >= 0.6 is 0 Å². The van der Waals surface area contributed by atoms with E-state index < -0.39 is 12.1 Å². The quantitative estimate of drug-likeness (QED) is 0.718. The fourth-order valence-corrected chi connectivity index (χ4v) is 2.27. The third-order valence-corrected chi connectivity index (χ3v) is 3.65. The van der Waals surface area contributed by atoms with Crippen LogP contribution in [-0.4, -0.2) is 30.2 Å². The largest absolute Gasteiger partial charge is 0.489 e. The highest BCUT2D eigenvalue weighted by molar-refractivity contribution is 5.86. The average molecular weight is 314 g/mol. The Hall–Kier alpha value is -2.37. The van der Waals surface area contributed by atoms with E-state index in [-0.39, 0.29) is 12.3 Å². The van der Waals surface area contributed by atoms with Gasteiger partial charge in [0, 0.05) is 13.5 Å². The molecule has 0 aliphatic rings. The third-order valence-electron chi connectivity index (χ3n) is 3.65. The Morgan fingerprint density at radius 3 is 2.35 bits per heavy atom. The zero-order chi connectivity index (χ0) is 16.7. The standard InChI is InChI=1S/C18H22N2O3/c1-20-17(22)18(19,13-21)11-14-7-9-16(10-8-14)23-12-15-5-3-2-4-6-15/h2-10,21H,11-13,19H2,1H3,(H,20,22). The second-order valence-electron chi connectivity index (χ2n) is 5.49. The van der Waals surface area contributed by atoms with Gasteiger partial charge < -0.3 is 20.9 Å². The summed E-state index contributed by atoms with van der Waals surface area (Å²) >= 11 is 0. The van der Waals surface area contributed by atoms with E-state index in [1.165, 1.54) is 7.05 Å². The average Bonchev–Trinajstić information content (AvgIpc) is 2.61. The topological polar surface area (TPSA) is 84.6 Å². The van der Waals surface area contributed by atoms with Crippen molar-refractivity contribution in [3.63, 3.8) is 0 Å². The van der Waals surface area contributed by atoms with Gasteiger partial charge in [-0.3, -0.25) is 4.79 Å². The number of hydrogen-bond donors (Lipinski definition) is 3. The number of nitrogens with one attached hydrogen (secondary N) is 1. The number of benzene rings is 2. The van der Waals surface area contributed by atoms with Gasteiger partial charge >= 0.3 is 0 Å². The Bertz CT molecular complexity index is 628. The lowest BCUT2D eigenvalue weighted by Crippen LogP contribution is -2.57. The Labute approximate surface area is 136 Å². The summed E-state index contributed by atoms with van der Waals surface area (Å²) in [6, 6.07) is 17.3. The normalized spacial score (nSPS) is 13.2. The number of carbonyl (C=O) groups is 1. The van der Waals surface area contributed by atoms with Crippen molar-refractivity contribution in [2.24, 2.45) is 5.73 Å². The molecule has 23 heavy (non-hydrogen) atoms. The number of likely N-dealkylation sites (N-methyl/N-ethyl adjacent to an activating group) is 1. The van der Waals surface area contributed by atoms with Crippen LogP contribution in [0.25, 0.3) is 0 Å². The monoisotopic (exact) mass is 314 g/mol. The number of aliphatic hydroxyl groups is 1. The first-order valence-electron chi connectivity index (χ1n) is 7.45. The third kappa shape index (κ3) is 4.55. The molecule has 1 unspecified atom stereocenters. The van der Waals surface area contributed by atoms with Crippen molar-refractivity contribution in [1.82, 2.24) is 5.32 Å². The molecule has 0 bridgehead atoms. The minimum atomic E-state index is -1.32. The summed E-state index contributed by atoms with van der Waals surface area (Å²) in [7, 11) is 1.50. The van der Waals surface area contributed by atoms with Crippen LogP contribution in [-0.2, 0) is 17.8 Å². The van der Waals surface area contributed by atoms with Crippen molar-refractivity contribution in [3.05, 3.63) is 65.7 Å². The van der Waals surface area contributed by atoms with Gasteiger partial charge in [-0.1, -0.05) is 42.5 Å². The van der Waals surface area contributed by atoms with Gasteiger partial charge in [0.15, 0.2) is 0 Å². The minimum absolute atomic E-state index is 0.252. The Kier molecular flexibility index (Phi) is 5.73. The van der Waals surface area contributed by atoms with Crippen LogP contribution in [0.2, 0.25) is 0 Å². The number of hydrogen-bond acceptors (Lipinski definition) is 4. The molecule has 2 rings (SSSR count). The first-order chi connectivity index (χ1) is 11.1. The summed E-state index contributed by atoms with van der Waals surface area (Å²) in [5, 5.41) is 11.9. The summed E-state index contributed by atoms with van der Waals surface area (Å²) in [6.07, 6.45) is 0.252. The molecule has 2 aromatic rings. The van der Waals surface area contributed by atoms with E-state index in [4.69, 9.17) is 10.5 Å². The number of nitrogens with two attached hydrogens (primary N) is 1. The van der Waals surface area contributed by atoms with Gasteiger partial charge in [-0.05, 0) is 23.3 Å². The van der Waals surface area contributed by atoms with E-state index in [1.807, 2.05) is 54.6 Å². The first kappa shape index (κ1) is 17.0. The highest BCUT2D eigenvalue weighted by Gasteiger charge is 2.32. The number of carbonyl (C=O) groups excluding carboxylic acids is 1. The first-order valence-corrected chi connectivity index (χ1v) is 7.45. The molecule has 5 nitrogen and oxygen atoms in total. The SMILES string of the molecule is CNC(=O)C(N)(CO)Cc1ccc(OCc2ccccc2)cc1. The molecule has 0 aliphatic carbocycles. The van der Waals surface area contributed by atoms with Crippen LogP contribution in [0.5, 0.6) is 5.75 Å². The lowest BCUT2D eigenvalue weighted by Gasteiger charge is -2.25. The number of aliphatic hydroxyl groups excluding tert-OH is 1. The van der Waals surface area contributed by atoms with Gasteiger partial charge in [0.25, 0.3) is 0 Å². The molecule has 0 saturated carbocycles. The lowest BCUT2D eigenvalue weighted by atomic mass is 9.91. The molecule has 0 heterocycles. The van der Waals surface area contributed by atoms with Crippen LogP contribution < -0.4 is 15.8 Å². The van der Waals surface area contributed by atoms with E-state index in [0.717, 1.165) is 16.9 Å². The van der Waals surface area contributed by atoms with Crippen molar-refractivity contribution in [3.8, 4) is 5.75 Å². The fourth-order valence-electron chi connectivity index (χ4n) is 2.27. The summed E-state index contributed by atoms with van der Waals surface area (Å²) in [5.74, 6) is 0.355. The zero-order valence-electron chi connectivity index (χ0n) is 13.2. The second kappa shape index (κ2) is 7.76. The molecular weight excluding hydrogens is 292 g/mol. The number of rotatable bonds is 7. The van der Waals surface area contributed by atoms with Crippen LogP contribution in [0, 0.1) is 0 Å². The van der Waals surface area contributed by atoms with Gasteiger partial charge in [0.05, 0.1) is 6.61 Å². The van der Waals surface area contributed by atoms with Crippen molar-refractivity contribution in [2.75, 3.05) is 13.7 Å². The van der Waals surface area contributed by atoms with Gasteiger partial charge in [-0.2, -0.15) is 0 Å². The summed E-state index contributed by atoms with van der Waals surface area (Å²) < 4.78 is 5.71. The van der Waals surface area contributed by atoms with Crippen molar-refractivity contribution in [1.29, 1.82) is 0 Å². The van der Waals surface area contributed by atoms with Crippen LogP contribution in [0.15, 0.2) is 54.6 Å². The van der Waals surface area contributed by atoms with E-state index in [0.29, 0.717) is 6.61 Å².